The first-order valence-electron chi connectivity index (χ1n) is 9.81. The standard InChI is InChI=1S/C18H31N5O2/c1-21-17(14-22-7-11-25-12-8-22)19-20-18(21)15-3-2-6-23(13-15)16-4-9-24-10-5-16/h15-16H,2-14H2,1H3/t15-/m1/s1. The second-order valence-corrected chi connectivity index (χ2v) is 7.60. The van der Waals surface area contributed by atoms with E-state index in [1.54, 1.807) is 0 Å². The summed E-state index contributed by atoms with van der Waals surface area (Å²) in [6.07, 6.45) is 4.83. The molecule has 140 valence electrons. The molecule has 0 spiro atoms. The van der Waals surface area contributed by atoms with Gasteiger partial charge in [0.05, 0.1) is 19.8 Å². The topological polar surface area (TPSA) is 55.7 Å². The fourth-order valence-electron chi connectivity index (χ4n) is 4.43. The van der Waals surface area contributed by atoms with Gasteiger partial charge in [-0.05, 0) is 32.2 Å². The smallest absolute Gasteiger partial charge is 0.146 e. The highest BCUT2D eigenvalue weighted by Crippen LogP contribution is 2.29. The van der Waals surface area contributed by atoms with Crippen LogP contribution in [0.25, 0.3) is 0 Å². The first kappa shape index (κ1) is 17.4. The van der Waals surface area contributed by atoms with Crippen molar-refractivity contribution in [3.8, 4) is 0 Å². The summed E-state index contributed by atoms with van der Waals surface area (Å²) in [5.41, 5.74) is 0. The molecule has 0 saturated carbocycles. The average Bonchev–Trinajstić information content (AvgIpc) is 3.04. The average molecular weight is 349 g/mol. The summed E-state index contributed by atoms with van der Waals surface area (Å²) in [4.78, 5) is 5.08. The molecule has 7 nitrogen and oxygen atoms in total. The van der Waals surface area contributed by atoms with E-state index in [2.05, 4.69) is 31.6 Å². The van der Waals surface area contributed by atoms with Crippen LogP contribution in [0, 0.1) is 0 Å². The number of piperidine rings is 1. The van der Waals surface area contributed by atoms with Crippen LogP contribution in [0.2, 0.25) is 0 Å². The number of likely N-dealkylation sites (tertiary alicyclic amines) is 1. The molecule has 0 bridgehead atoms. The van der Waals surface area contributed by atoms with Crippen molar-refractivity contribution in [3.05, 3.63) is 11.6 Å². The molecule has 7 heteroatoms. The van der Waals surface area contributed by atoms with Gasteiger partial charge in [-0.1, -0.05) is 0 Å². The Morgan fingerprint density at radius 3 is 2.52 bits per heavy atom. The number of morpholine rings is 1. The number of hydrogen-bond acceptors (Lipinski definition) is 6. The summed E-state index contributed by atoms with van der Waals surface area (Å²) in [6.45, 7) is 8.68. The second-order valence-electron chi connectivity index (χ2n) is 7.60. The number of rotatable bonds is 4. The molecule has 0 unspecified atom stereocenters. The Bertz CT molecular complexity index is 552. The predicted octanol–water partition coefficient (Wildman–Crippen LogP) is 1.01. The van der Waals surface area contributed by atoms with Crippen LogP contribution in [0.15, 0.2) is 0 Å². The van der Waals surface area contributed by atoms with Gasteiger partial charge in [-0.25, -0.2) is 0 Å². The summed E-state index contributed by atoms with van der Waals surface area (Å²) in [5, 5.41) is 9.10. The number of nitrogens with zero attached hydrogens (tertiary/aromatic N) is 5. The fourth-order valence-corrected chi connectivity index (χ4v) is 4.43. The van der Waals surface area contributed by atoms with Crippen molar-refractivity contribution in [2.75, 3.05) is 52.6 Å². The molecule has 4 rings (SSSR count). The second kappa shape index (κ2) is 8.12. The van der Waals surface area contributed by atoms with Crippen LogP contribution in [-0.4, -0.2) is 83.2 Å². The Balaban J connectivity index is 1.40. The highest BCUT2D eigenvalue weighted by molar-refractivity contribution is 5.04. The summed E-state index contributed by atoms with van der Waals surface area (Å²) < 4.78 is 13.2. The molecule has 1 atom stereocenters. The van der Waals surface area contributed by atoms with Gasteiger partial charge in [0.15, 0.2) is 0 Å². The summed E-state index contributed by atoms with van der Waals surface area (Å²) in [7, 11) is 2.14. The molecule has 3 fully saturated rings. The number of aromatic nitrogens is 3. The van der Waals surface area contributed by atoms with Gasteiger partial charge in [-0.2, -0.15) is 0 Å². The Morgan fingerprint density at radius 1 is 0.960 bits per heavy atom. The van der Waals surface area contributed by atoms with Gasteiger partial charge in [-0.15, -0.1) is 10.2 Å². The van der Waals surface area contributed by atoms with Crippen molar-refractivity contribution in [2.24, 2.45) is 7.05 Å². The number of hydrogen-bond donors (Lipinski definition) is 0. The van der Waals surface area contributed by atoms with E-state index in [1.165, 1.54) is 38.1 Å². The van der Waals surface area contributed by atoms with E-state index >= 15 is 0 Å². The third kappa shape index (κ3) is 4.05. The third-order valence-electron chi connectivity index (χ3n) is 5.99. The first-order chi connectivity index (χ1) is 12.3. The van der Waals surface area contributed by atoms with E-state index in [0.29, 0.717) is 12.0 Å². The molecule has 3 aliphatic heterocycles. The molecule has 1 aromatic heterocycles. The normalized spacial score (nSPS) is 27.6. The molecule has 3 aliphatic rings. The SMILES string of the molecule is Cn1c(CN2CCOCC2)nnc1[C@@H]1CCCN(C2CCOCC2)C1. The van der Waals surface area contributed by atoms with E-state index in [9.17, 15) is 0 Å². The molecule has 0 aromatic carbocycles. The molecular formula is C18H31N5O2. The maximum absolute atomic E-state index is 5.53. The zero-order valence-electron chi connectivity index (χ0n) is 15.4. The van der Waals surface area contributed by atoms with Crippen LogP contribution in [-0.2, 0) is 23.1 Å². The molecule has 0 radical (unpaired) electrons. The minimum Gasteiger partial charge on any atom is -0.381 e. The molecule has 25 heavy (non-hydrogen) atoms. The minimum atomic E-state index is 0.507. The maximum Gasteiger partial charge on any atom is 0.146 e. The van der Waals surface area contributed by atoms with E-state index in [-0.39, 0.29) is 0 Å². The van der Waals surface area contributed by atoms with Crippen molar-refractivity contribution in [1.29, 1.82) is 0 Å². The zero-order valence-corrected chi connectivity index (χ0v) is 15.4. The number of ether oxygens (including phenoxy) is 2. The van der Waals surface area contributed by atoms with Gasteiger partial charge in [0.1, 0.15) is 11.6 Å². The Morgan fingerprint density at radius 2 is 1.72 bits per heavy atom. The lowest BCUT2D eigenvalue weighted by molar-refractivity contribution is 0.0232. The molecule has 0 aliphatic carbocycles. The van der Waals surface area contributed by atoms with Crippen LogP contribution >= 0.6 is 0 Å². The van der Waals surface area contributed by atoms with E-state index < -0.39 is 0 Å². The maximum atomic E-state index is 5.53. The van der Waals surface area contributed by atoms with Crippen LogP contribution in [0.1, 0.15) is 43.3 Å². The molecule has 0 amide bonds. The van der Waals surface area contributed by atoms with E-state index in [1.807, 2.05) is 0 Å². The van der Waals surface area contributed by atoms with Gasteiger partial charge >= 0.3 is 0 Å². The van der Waals surface area contributed by atoms with Gasteiger partial charge < -0.3 is 14.0 Å². The quantitative estimate of drug-likeness (QED) is 0.809. The van der Waals surface area contributed by atoms with Crippen molar-refractivity contribution in [3.63, 3.8) is 0 Å². The van der Waals surface area contributed by atoms with Crippen LogP contribution < -0.4 is 0 Å². The first-order valence-corrected chi connectivity index (χ1v) is 9.81. The van der Waals surface area contributed by atoms with Crippen molar-refractivity contribution >= 4 is 0 Å². The minimum absolute atomic E-state index is 0.507. The Kier molecular flexibility index (Phi) is 5.65. The van der Waals surface area contributed by atoms with E-state index in [0.717, 1.165) is 58.4 Å². The Labute approximate surface area is 150 Å². The fraction of sp³-hybridized carbons (Fsp3) is 0.889. The largest absolute Gasteiger partial charge is 0.381 e. The monoisotopic (exact) mass is 349 g/mol. The van der Waals surface area contributed by atoms with Crippen molar-refractivity contribution in [2.45, 2.75) is 44.2 Å². The lowest BCUT2D eigenvalue weighted by Crippen LogP contribution is -2.45. The predicted molar refractivity (Wildman–Crippen MR) is 94.5 cm³/mol. The lowest BCUT2D eigenvalue weighted by atomic mass is 9.94. The summed E-state index contributed by atoms with van der Waals surface area (Å²) in [6, 6.07) is 0.692. The van der Waals surface area contributed by atoms with Crippen molar-refractivity contribution in [1.82, 2.24) is 24.6 Å². The zero-order chi connectivity index (χ0) is 17.1. The van der Waals surface area contributed by atoms with Gasteiger partial charge in [0, 0.05) is 51.9 Å². The van der Waals surface area contributed by atoms with Crippen LogP contribution in [0.5, 0.6) is 0 Å². The van der Waals surface area contributed by atoms with Gasteiger partial charge in [0.25, 0.3) is 0 Å². The molecular weight excluding hydrogens is 318 g/mol. The lowest BCUT2D eigenvalue weighted by Gasteiger charge is -2.39. The van der Waals surface area contributed by atoms with Crippen LogP contribution in [0.3, 0.4) is 0 Å². The van der Waals surface area contributed by atoms with E-state index in [4.69, 9.17) is 9.47 Å². The van der Waals surface area contributed by atoms with Crippen LogP contribution in [0.4, 0.5) is 0 Å². The molecule has 1 aromatic rings. The summed E-state index contributed by atoms with van der Waals surface area (Å²) >= 11 is 0. The molecule has 4 heterocycles. The molecule has 0 N–H and O–H groups in total. The van der Waals surface area contributed by atoms with Gasteiger partial charge in [0.2, 0.25) is 0 Å². The highest BCUT2D eigenvalue weighted by Gasteiger charge is 2.30. The molecule has 3 saturated heterocycles. The highest BCUT2D eigenvalue weighted by atomic mass is 16.5. The van der Waals surface area contributed by atoms with Gasteiger partial charge in [-0.3, -0.25) is 9.80 Å². The van der Waals surface area contributed by atoms with Crippen molar-refractivity contribution < 1.29 is 9.47 Å². The summed E-state index contributed by atoms with van der Waals surface area (Å²) in [5.74, 6) is 2.76. The Hall–Kier alpha value is -1.02. The third-order valence-corrected chi connectivity index (χ3v) is 5.99.